The van der Waals surface area contributed by atoms with Gasteiger partial charge >= 0.3 is 50.5 Å². The molecule has 0 aromatic rings. The second-order valence-electron chi connectivity index (χ2n) is 4.24. The molecule has 0 saturated carbocycles. The Hall–Kier alpha value is 0.420. The summed E-state index contributed by atoms with van der Waals surface area (Å²) in [5, 5.41) is 11.7. The molecule has 0 spiro atoms. The quantitative estimate of drug-likeness (QED) is 0.627. The molecule has 0 aliphatic carbocycles. The van der Waals surface area contributed by atoms with Crippen molar-refractivity contribution < 1.29 is 26.0 Å². The van der Waals surface area contributed by atoms with Crippen LogP contribution in [0.4, 0.5) is 0 Å². The number of hydrogen-bond acceptors (Lipinski definition) is 3. The normalized spacial score (nSPS) is 9.00. The van der Waals surface area contributed by atoms with E-state index < -0.39 is 0 Å². The maximum atomic E-state index is 8.20. The van der Waals surface area contributed by atoms with E-state index in [1.807, 2.05) is 19.0 Å². The van der Waals surface area contributed by atoms with Crippen LogP contribution in [0, 0.1) is 7.43 Å². The number of nitrogens with zero attached hydrogens (tertiary/aromatic N) is 3. The maximum Gasteiger partial charge on any atom is 0.0558 e. The molecule has 0 saturated heterocycles. The molecule has 0 bridgehead atoms. The SMILES string of the molecule is CC(C)(C)[N]=[Nb].CN(C)CCO.C[N-]C.[CH3-]. The molecule has 0 heterocycles. The molecule has 0 atom stereocenters. The van der Waals surface area contributed by atoms with Crippen LogP contribution in [-0.2, 0) is 20.9 Å². The number of likely N-dealkylation sites (N-methyl/N-ethyl adjacent to an activating group) is 1. The van der Waals surface area contributed by atoms with E-state index in [0.717, 1.165) is 6.54 Å². The molecule has 0 radical (unpaired) electrons. The molecular weight excluding hydrogens is 283 g/mol. The first kappa shape index (κ1) is 25.3. The first-order chi connectivity index (χ1) is 6.74. The third kappa shape index (κ3) is 63.0. The van der Waals surface area contributed by atoms with Crippen molar-refractivity contribution in [2.45, 2.75) is 26.3 Å². The number of hydrogen-bond donors (Lipinski definition) is 1. The van der Waals surface area contributed by atoms with Crippen LogP contribution in [0.5, 0.6) is 0 Å². The van der Waals surface area contributed by atoms with E-state index in [1.165, 1.54) is 20.9 Å². The van der Waals surface area contributed by atoms with Crippen molar-refractivity contribution in [3.63, 3.8) is 0 Å². The molecule has 5 heteroatoms. The molecule has 16 heavy (non-hydrogen) atoms. The minimum Gasteiger partial charge on any atom is -0.668 e. The third-order valence-electron chi connectivity index (χ3n) is 0.847. The summed E-state index contributed by atoms with van der Waals surface area (Å²) in [6, 6.07) is 0. The first-order valence-corrected chi connectivity index (χ1v) is 5.83. The summed E-state index contributed by atoms with van der Waals surface area (Å²) in [4.78, 5) is 1.93. The van der Waals surface area contributed by atoms with Crippen molar-refractivity contribution in [2.24, 2.45) is 3.34 Å². The van der Waals surface area contributed by atoms with Crippen LogP contribution in [0.3, 0.4) is 0 Å². The van der Waals surface area contributed by atoms with E-state index in [9.17, 15) is 0 Å². The first-order valence-electron chi connectivity index (χ1n) is 4.84. The van der Waals surface area contributed by atoms with Crippen LogP contribution < -0.4 is 0 Å². The Kier molecular flexibility index (Phi) is 28.2. The Bertz CT molecular complexity index is 125. The standard InChI is InChI=1S/C4H11NO.C4H9N.C2H6N.CH3.Nb/c1-5(2)3-4-6;1-4(2,3)5;1-3-2;;/h6H,3-4H2,1-2H3;1-3H3;1-2H3;1H3;/q;;2*-1;. The number of aliphatic hydroxyl groups is 1. The van der Waals surface area contributed by atoms with E-state index in [-0.39, 0.29) is 19.6 Å². The Balaban J connectivity index is -0.0000000692. The van der Waals surface area contributed by atoms with E-state index in [0.29, 0.717) is 0 Å². The van der Waals surface area contributed by atoms with Crippen LogP contribution in [0.15, 0.2) is 3.34 Å². The van der Waals surface area contributed by atoms with Crippen molar-refractivity contribution in [1.29, 1.82) is 0 Å². The van der Waals surface area contributed by atoms with Gasteiger partial charge in [-0.3, -0.25) is 0 Å². The fourth-order valence-corrected chi connectivity index (χ4v) is 0.200. The van der Waals surface area contributed by atoms with E-state index in [2.05, 4.69) is 29.4 Å². The van der Waals surface area contributed by atoms with Gasteiger partial charge in [0.05, 0.1) is 6.61 Å². The molecule has 0 amide bonds. The summed E-state index contributed by atoms with van der Waals surface area (Å²) in [6.07, 6.45) is 0. The minimum atomic E-state index is 0. The van der Waals surface area contributed by atoms with Crippen molar-refractivity contribution in [1.82, 2.24) is 4.90 Å². The van der Waals surface area contributed by atoms with Crippen LogP contribution in [0.2, 0.25) is 0 Å². The summed E-state index contributed by atoms with van der Waals surface area (Å²) >= 11 is 1.52. The van der Waals surface area contributed by atoms with Crippen molar-refractivity contribution in [2.75, 3.05) is 41.3 Å². The Morgan fingerprint density at radius 1 is 1.25 bits per heavy atom. The fourth-order valence-electron chi connectivity index (χ4n) is 0.200. The zero-order valence-corrected chi connectivity index (χ0v) is 14.3. The van der Waals surface area contributed by atoms with Gasteiger partial charge in [0.15, 0.2) is 0 Å². The molecular formula is C11H29N3NbO-2. The topological polar surface area (TPSA) is 49.9 Å². The van der Waals surface area contributed by atoms with Gasteiger partial charge in [0.1, 0.15) is 0 Å². The summed E-state index contributed by atoms with van der Waals surface area (Å²) in [6.45, 7) is 7.29. The van der Waals surface area contributed by atoms with Crippen LogP contribution in [0.25, 0.3) is 5.32 Å². The molecule has 0 unspecified atom stereocenters. The molecule has 101 valence electrons. The summed E-state index contributed by atoms with van der Waals surface area (Å²) in [5.41, 5.74) is 0.189. The third-order valence-corrected chi connectivity index (χ3v) is 2.32. The molecule has 0 fully saturated rings. The maximum absolute atomic E-state index is 8.20. The average molecular weight is 312 g/mol. The predicted molar refractivity (Wildman–Crippen MR) is 69.4 cm³/mol. The van der Waals surface area contributed by atoms with E-state index in [4.69, 9.17) is 5.11 Å². The van der Waals surface area contributed by atoms with Gasteiger partial charge < -0.3 is 22.7 Å². The predicted octanol–water partition coefficient (Wildman–Crippen LogP) is 2.13. The molecule has 0 aliphatic rings. The Labute approximate surface area is 115 Å². The second kappa shape index (κ2) is 17.8. The van der Waals surface area contributed by atoms with Crippen LogP contribution in [0.1, 0.15) is 20.8 Å². The largest absolute Gasteiger partial charge is 0.668 e. The van der Waals surface area contributed by atoms with Gasteiger partial charge in [0, 0.05) is 6.54 Å². The van der Waals surface area contributed by atoms with Crippen molar-refractivity contribution >= 4 is 0 Å². The van der Waals surface area contributed by atoms with Crippen LogP contribution >= 0.6 is 0 Å². The van der Waals surface area contributed by atoms with Gasteiger partial charge in [-0.1, -0.05) is 0 Å². The molecule has 0 aromatic heterocycles. The average Bonchev–Trinajstić information content (AvgIpc) is 2.05. The molecule has 0 aromatic carbocycles. The number of rotatable bonds is 2. The second-order valence-corrected chi connectivity index (χ2v) is 4.74. The molecule has 4 nitrogen and oxygen atoms in total. The summed E-state index contributed by atoms with van der Waals surface area (Å²) in [5.74, 6) is 0. The molecule has 0 aliphatic heterocycles. The van der Waals surface area contributed by atoms with Gasteiger partial charge in [-0.25, -0.2) is 0 Å². The molecule has 0 rings (SSSR count). The Morgan fingerprint density at radius 3 is 1.50 bits per heavy atom. The fraction of sp³-hybridized carbons (Fsp3) is 0.909. The number of aliphatic hydroxyl groups excluding tert-OH is 1. The zero-order chi connectivity index (χ0) is 12.9. The minimum absolute atomic E-state index is 0. The van der Waals surface area contributed by atoms with Gasteiger partial charge in [-0.2, -0.15) is 14.1 Å². The summed E-state index contributed by atoms with van der Waals surface area (Å²) in [7, 11) is 7.35. The monoisotopic (exact) mass is 312 g/mol. The van der Waals surface area contributed by atoms with E-state index >= 15 is 0 Å². The van der Waals surface area contributed by atoms with E-state index in [1.54, 1.807) is 14.1 Å². The molecule has 1 N–H and O–H groups in total. The Morgan fingerprint density at radius 2 is 1.50 bits per heavy atom. The van der Waals surface area contributed by atoms with Crippen molar-refractivity contribution in [3.05, 3.63) is 12.7 Å². The summed E-state index contributed by atoms with van der Waals surface area (Å²) < 4.78 is 4.07. The van der Waals surface area contributed by atoms with Crippen LogP contribution in [-0.4, -0.2) is 56.9 Å². The van der Waals surface area contributed by atoms with Gasteiger partial charge in [0.2, 0.25) is 0 Å². The smallest absolute Gasteiger partial charge is 0.0558 e. The zero-order valence-electron chi connectivity index (χ0n) is 12.2. The van der Waals surface area contributed by atoms with Gasteiger partial charge in [0.25, 0.3) is 0 Å². The van der Waals surface area contributed by atoms with Gasteiger partial charge in [-0.15, -0.1) is 0 Å². The van der Waals surface area contributed by atoms with Gasteiger partial charge in [-0.05, 0) is 14.1 Å². The van der Waals surface area contributed by atoms with Crippen molar-refractivity contribution in [3.8, 4) is 0 Å².